The van der Waals surface area contributed by atoms with Crippen LogP contribution in [-0.2, 0) is 0 Å². The predicted molar refractivity (Wildman–Crippen MR) is 113 cm³/mol. The van der Waals surface area contributed by atoms with E-state index in [4.69, 9.17) is 0 Å². The Morgan fingerprint density at radius 1 is 1.21 bits per heavy atom. The second kappa shape index (κ2) is 10.5. The van der Waals surface area contributed by atoms with Gasteiger partial charge in [0.25, 0.3) is 11.6 Å². The molecule has 0 aromatic heterocycles. The molecule has 6 nitrogen and oxygen atoms in total. The molecule has 0 unspecified atom stereocenters. The van der Waals surface area contributed by atoms with Gasteiger partial charge in [-0.2, -0.15) is 0 Å². The van der Waals surface area contributed by atoms with Gasteiger partial charge in [-0.1, -0.05) is 30.0 Å². The van der Waals surface area contributed by atoms with Crippen molar-refractivity contribution in [2.24, 2.45) is 5.92 Å². The Bertz CT molecular complexity index is 812. The van der Waals surface area contributed by atoms with E-state index < -0.39 is 4.92 Å². The fraction of sp³-hybridized carbons (Fsp3) is 0.350. The van der Waals surface area contributed by atoms with Crippen LogP contribution in [0.5, 0.6) is 0 Å². The lowest BCUT2D eigenvalue weighted by Gasteiger charge is -2.32. The van der Waals surface area contributed by atoms with Crippen molar-refractivity contribution in [3.8, 4) is 0 Å². The van der Waals surface area contributed by atoms with Crippen LogP contribution in [0.25, 0.3) is 0 Å². The molecule has 0 radical (unpaired) electrons. The molecule has 8 heteroatoms. The molecule has 1 aliphatic rings. The molecule has 0 bridgehead atoms. The molecule has 150 valence electrons. The molecule has 1 heterocycles. The highest BCUT2D eigenvalue weighted by atomic mass is 35.5. The Balaban J connectivity index is 0.00000280. The van der Waals surface area contributed by atoms with Gasteiger partial charge in [-0.05, 0) is 50.6 Å². The molecule has 0 spiro atoms. The highest BCUT2D eigenvalue weighted by Gasteiger charge is 2.26. The van der Waals surface area contributed by atoms with Gasteiger partial charge in [0.2, 0.25) is 0 Å². The van der Waals surface area contributed by atoms with Gasteiger partial charge in [0.1, 0.15) is 0 Å². The summed E-state index contributed by atoms with van der Waals surface area (Å²) in [6, 6.07) is 14.3. The summed E-state index contributed by atoms with van der Waals surface area (Å²) in [6.07, 6.45) is 1.89. The largest absolute Gasteiger partial charge is 0.339 e. The maximum Gasteiger partial charge on any atom is 0.270 e. The number of rotatable bonds is 6. The average molecular weight is 422 g/mol. The van der Waals surface area contributed by atoms with Crippen molar-refractivity contribution >= 4 is 35.8 Å². The van der Waals surface area contributed by atoms with Crippen molar-refractivity contribution in [3.63, 3.8) is 0 Å². The van der Waals surface area contributed by atoms with Crippen LogP contribution in [0.3, 0.4) is 0 Å². The Hall–Kier alpha value is -2.09. The van der Waals surface area contributed by atoms with Gasteiger partial charge in [0.15, 0.2) is 0 Å². The second-order valence-electron chi connectivity index (χ2n) is 6.65. The SMILES string of the molecule is CNCC1CCN(C(=O)c2cc([N+](=O)[O-])ccc2Sc2ccccc2)CC1.Cl. The van der Waals surface area contributed by atoms with E-state index in [1.165, 1.54) is 23.9 Å². The molecule has 0 aliphatic carbocycles. The molecule has 0 saturated carbocycles. The number of carbonyl (C=O) groups is 1. The van der Waals surface area contributed by atoms with Gasteiger partial charge in [-0.15, -0.1) is 12.4 Å². The number of benzene rings is 2. The maximum atomic E-state index is 13.1. The van der Waals surface area contributed by atoms with Crippen LogP contribution in [0.15, 0.2) is 58.3 Å². The van der Waals surface area contributed by atoms with Crippen molar-refractivity contribution in [1.82, 2.24) is 10.2 Å². The van der Waals surface area contributed by atoms with E-state index in [0.717, 1.165) is 29.2 Å². The van der Waals surface area contributed by atoms with Gasteiger partial charge in [-0.25, -0.2) is 0 Å². The number of amides is 1. The number of carbonyl (C=O) groups excluding carboxylic acids is 1. The lowest BCUT2D eigenvalue weighted by atomic mass is 9.96. The lowest BCUT2D eigenvalue weighted by Crippen LogP contribution is -2.40. The Kier molecular flexibility index (Phi) is 8.29. The fourth-order valence-electron chi connectivity index (χ4n) is 3.30. The molecule has 1 aliphatic heterocycles. The van der Waals surface area contributed by atoms with Crippen LogP contribution in [0, 0.1) is 16.0 Å². The van der Waals surface area contributed by atoms with Crippen molar-refractivity contribution in [3.05, 3.63) is 64.2 Å². The zero-order valence-electron chi connectivity index (χ0n) is 15.7. The highest BCUT2D eigenvalue weighted by molar-refractivity contribution is 7.99. The monoisotopic (exact) mass is 421 g/mol. The summed E-state index contributed by atoms with van der Waals surface area (Å²) >= 11 is 1.46. The maximum absolute atomic E-state index is 13.1. The van der Waals surface area contributed by atoms with E-state index in [1.54, 1.807) is 6.07 Å². The first-order valence-electron chi connectivity index (χ1n) is 9.03. The van der Waals surface area contributed by atoms with E-state index in [-0.39, 0.29) is 24.0 Å². The van der Waals surface area contributed by atoms with Gasteiger partial charge in [0.05, 0.1) is 10.5 Å². The van der Waals surface area contributed by atoms with Crippen molar-refractivity contribution in [2.45, 2.75) is 22.6 Å². The summed E-state index contributed by atoms with van der Waals surface area (Å²) in [5.74, 6) is 0.447. The first-order valence-corrected chi connectivity index (χ1v) is 9.85. The number of hydrogen-bond acceptors (Lipinski definition) is 5. The molecule has 1 saturated heterocycles. The van der Waals surface area contributed by atoms with Crippen LogP contribution in [-0.4, -0.2) is 42.4 Å². The van der Waals surface area contributed by atoms with Crippen LogP contribution < -0.4 is 5.32 Å². The third-order valence-electron chi connectivity index (χ3n) is 4.77. The summed E-state index contributed by atoms with van der Waals surface area (Å²) in [5, 5.41) is 14.4. The molecular weight excluding hydrogens is 398 g/mol. The lowest BCUT2D eigenvalue weighted by molar-refractivity contribution is -0.384. The Morgan fingerprint density at radius 2 is 1.89 bits per heavy atom. The standard InChI is InChI=1S/C20H23N3O3S.ClH/c1-21-14-15-9-11-22(12-10-15)20(24)18-13-16(23(25)26)7-8-19(18)27-17-5-3-2-4-6-17;/h2-8,13,15,21H,9-12,14H2,1H3;1H. The van der Waals surface area contributed by atoms with E-state index in [1.807, 2.05) is 42.3 Å². The first kappa shape index (κ1) is 22.2. The number of nitrogens with one attached hydrogen (secondary N) is 1. The average Bonchev–Trinajstić information content (AvgIpc) is 2.69. The predicted octanol–water partition coefficient (Wildman–Crippen LogP) is 4.24. The van der Waals surface area contributed by atoms with Crippen LogP contribution in [0.1, 0.15) is 23.2 Å². The normalized spacial score (nSPS) is 14.4. The van der Waals surface area contributed by atoms with Gasteiger partial charge >= 0.3 is 0 Å². The van der Waals surface area contributed by atoms with Crippen LogP contribution in [0.4, 0.5) is 5.69 Å². The topological polar surface area (TPSA) is 75.5 Å². The minimum atomic E-state index is -0.451. The molecule has 2 aromatic carbocycles. The van der Waals surface area contributed by atoms with E-state index >= 15 is 0 Å². The number of piperidine rings is 1. The first-order chi connectivity index (χ1) is 13.1. The molecule has 1 N–H and O–H groups in total. The number of hydrogen-bond donors (Lipinski definition) is 1. The van der Waals surface area contributed by atoms with Gasteiger partial charge in [0, 0.05) is 35.0 Å². The Morgan fingerprint density at radius 3 is 2.50 bits per heavy atom. The van der Waals surface area contributed by atoms with Crippen LogP contribution in [0.2, 0.25) is 0 Å². The summed E-state index contributed by atoms with van der Waals surface area (Å²) in [4.78, 5) is 27.4. The molecule has 28 heavy (non-hydrogen) atoms. The van der Waals surface area contributed by atoms with Crippen LogP contribution >= 0.6 is 24.2 Å². The van der Waals surface area contributed by atoms with E-state index in [2.05, 4.69) is 5.32 Å². The number of nitrogens with zero attached hydrogens (tertiary/aromatic N) is 2. The zero-order valence-corrected chi connectivity index (χ0v) is 17.3. The summed E-state index contributed by atoms with van der Waals surface area (Å²) in [7, 11) is 1.94. The number of nitro benzene ring substituents is 1. The number of nitro groups is 1. The van der Waals surface area contributed by atoms with E-state index in [0.29, 0.717) is 24.6 Å². The summed E-state index contributed by atoms with van der Waals surface area (Å²) in [6.45, 7) is 2.32. The quantitative estimate of drug-likeness (QED) is 0.557. The molecule has 1 amide bonds. The highest BCUT2D eigenvalue weighted by Crippen LogP contribution is 2.33. The van der Waals surface area contributed by atoms with Crippen molar-refractivity contribution in [1.29, 1.82) is 0 Å². The number of non-ortho nitro benzene ring substituents is 1. The van der Waals surface area contributed by atoms with Crippen molar-refractivity contribution in [2.75, 3.05) is 26.7 Å². The second-order valence-corrected chi connectivity index (χ2v) is 7.76. The fourth-order valence-corrected chi connectivity index (χ4v) is 4.24. The third kappa shape index (κ3) is 5.47. The number of halogens is 1. The number of likely N-dealkylation sites (tertiary alicyclic amines) is 1. The minimum Gasteiger partial charge on any atom is -0.339 e. The van der Waals surface area contributed by atoms with E-state index in [9.17, 15) is 14.9 Å². The molecule has 2 aromatic rings. The summed E-state index contributed by atoms with van der Waals surface area (Å²) < 4.78 is 0. The third-order valence-corrected chi connectivity index (χ3v) is 5.85. The molecular formula is C20H24ClN3O3S. The molecule has 3 rings (SSSR count). The summed E-state index contributed by atoms with van der Waals surface area (Å²) in [5.41, 5.74) is 0.353. The Labute approximate surface area is 175 Å². The van der Waals surface area contributed by atoms with Crippen molar-refractivity contribution < 1.29 is 9.72 Å². The molecule has 1 fully saturated rings. The minimum absolute atomic E-state index is 0. The molecule has 0 atom stereocenters. The smallest absolute Gasteiger partial charge is 0.270 e. The zero-order chi connectivity index (χ0) is 19.2. The van der Waals surface area contributed by atoms with Gasteiger partial charge < -0.3 is 10.2 Å². The van der Waals surface area contributed by atoms with Gasteiger partial charge in [-0.3, -0.25) is 14.9 Å².